The average molecular weight is 245 g/mol. The van der Waals surface area contributed by atoms with Crippen molar-refractivity contribution in [3.63, 3.8) is 0 Å². The zero-order valence-electron chi connectivity index (χ0n) is 12.3. The molecular weight excluding hydrogens is 218 g/mol. The number of hydrogen-bond acceptors (Lipinski definition) is 1. The van der Waals surface area contributed by atoms with Crippen molar-refractivity contribution in [2.75, 3.05) is 5.32 Å². The van der Waals surface area contributed by atoms with Crippen LogP contribution in [-0.2, 0) is 0 Å². The van der Waals surface area contributed by atoms with Crippen molar-refractivity contribution in [3.8, 4) is 0 Å². The zero-order chi connectivity index (χ0) is 13.2. The van der Waals surface area contributed by atoms with Gasteiger partial charge in [-0.2, -0.15) is 0 Å². The molecule has 1 aromatic carbocycles. The largest absolute Gasteiger partial charge is 0.382 e. The minimum absolute atomic E-state index is 0.480. The van der Waals surface area contributed by atoms with Crippen LogP contribution in [0.4, 0.5) is 5.69 Å². The van der Waals surface area contributed by atoms with Gasteiger partial charge in [-0.25, -0.2) is 0 Å². The molecule has 1 N–H and O–H groups in total. The summed E-state index contributed by atoms with van der Waals surface area (Å²) in [7, 11) is 0. The third-order valence-electron chi connectivity index (χ3n) is 4.46. The van der Waals surface area contributed by atoms with Crippen LogP contribution in [0.1, 0.15) is 52.0 Å². The van der Waals surface area contributed by atoms with Gasteiger partial charge in [0.25, 0.3) is 0 Å². The summed E-state index contributed by atoms with van der Waals surface area (Å²) >= 11 is 0. The summed E-state index contributed by atoms with van der Waals surface area (Å²) in [6, 6.07) is 9.28. The second-order valence-corrected chi connectivity index (χ2v) is 6.87. The Hall–Kier alpha value is -0.980. The van der Waals surface area contributed by atoms with Crippen LogP contribution in [0.2, 0.25) is 0 Å². The van der Waals surface area contributed by atoms with Crippen molar-refractivity contribution in [2.45, 2.75) is 59.4 Å². The van der Waals surface area contributed by atoms with E-state index in [-0.39, 0.29) is 0 Å². The summed E-state index contributed by atoms with van der Waals surface area (Å²) in [5.41, 5.74) is 3.15. The summed E-state index contributed by atoms with van der Waals surface area (Å²) in [5, 5.41) is 3.72. The SMILES string of the molecule is Cc1ccccc1NC1CCC(C(C)(C)C)CC1. The fourth-order valence-corrected chi connectivity index (χ4v) is 3.06. The molecule has 2 rings (SSSR count). The lowest BCUT2D eigenvalue weighted by Gasteiger charge is -2.37. The standard InChI is InChI=1S/C17H27N/c1-13-7-5-6-8-16(13)18-15-11-9-14(10-12-15)17(2,3)4/h5-8,14-15,18H,9-12H2,1-4H3. The number of aryl methyl sites for hydroxylation is 1. The topological polar surface area (TPSA) is 12.0 Å². The van der Waals surface area contributed by atoms with E-state index in [0.717, 1.165) is 5.92 Å². The normalized spacial score (nSPS) is 24.9. The molecule has 18 heavy (non-hydrogen) atoms. The van der Waals surface area contributed by atoms with Crippen molar-refractivity contribution < 1.29 is 0 Å². The van der Waals surface area contributed by atoms with E-state index in [1.807, 2.05) is 0 Å². The minimum atomic E-state index is 0.480. The first-order valence-corrected chi connectivity index (χ1v) is 7.29. The Morgan fingerprint density at radius 1 is 1.00 bits per heavy atom. The fraction of sp³-hybridized carbons (Fsp3) is 0.647. The van der Waals surface area contributed by atoms with Gasteiger partial charge < -0.3 is 5.32 Å². The number of nitrogens with one attached hydrogen (secondary N) is 1. The van der Waals surface area contributed by atoms with Gasteiger partial charge in [0.05, 0.1) is 0 Å². The van der Waals surface area contributed by atoms with Gasteiger partial charge in [0, 0.05) is 11.7 Å². The lowest BCUT2D eigenvalue weighted by Crippen LogP contribution is -2.31. The van der Waals surface area contributed by atoms with Gasteiger partial charge in [-0.3, -0.25) is 0 Å². The van der Waals surface area contributed by atoms with E-state index in [0.29, 0.717) is 11.5 Å². The molecule has 1 heteroatoms. The van der Waals surface area contributed by atoms with Crippen LogP contribution in [0.15, 0.2) is 24.3 Å². The monoisotopic (exact) mass is 245 g/mol. The van der Waals surface area contributed by atoms with Crippen molar-refractivity contribution in [1.29, 1.82) is 0 Å². The van der Waals surface area contributed by atoms with Crippen molar-refractivity contribution in [3.05, 3.63) is 29.8 Å². The van der Waals surface area contributed by atoms with Gasteiger partial charge in [0.2, 0.25) is 0 Å². The zero-order valence-corrected chi connectivity index (χ0v) is 12.3. The second kappa shape index (κ2) is 5.34. The van der Waals surface area contributed by atoms with E-state index in [4.69, 9.17) is 0 Å². The van der Waals surface area contributed by atoms with Gasteiger partial charge in [-0.1, -0.05) is 39.0 Å². The molecular formula is C17H27N. The summed E-state index contributed by atoms with van der Waals surface area (Å²) in [6.45, 7) is 9.33. The minimum Gasteiger partial charge on any atom is -0.382 e. The summed E-state index contributed by atoms with van der Waals surface area (Å²) in [5.74, 6) is 0.896. The van der Waals surface area contributed by atoms with Crippen LogP contribution in [0, 0.1) is 18.3 Å². The Bertz CT molecular complexity index is 381. The summed E-state index contributed by atoms with van der Waals surface area (Å²) < 4.78 is 0. The Balaban J connectivity index is 1.90. The molecule has 0 radical (unpaired) electrons. The third kappa shape index (κ3) is 3.28. The Morgan fingerprint density at radius 3 is 2.17 bits per heavy atom. The predicted molar refractivity (Wildman–Crippen MR) is 80.0 cm³/mol. The first-order chi connectivity index (χ1) is 8.47. The van der Waals surface area contributed by atoms with Crippen molar-refractivity contribution in [2.24, 2.45) is 11.3 Å². The van der Waals surface area contributed by atoms with E-state index in [2.05, 4.69) is 57.3 Å². The predicted octanol–water partition coefficient (Wildman–Crippen LogP) is 5.01. The lowest BCUT2D eigenvalue weighted by molar-refractivity contribution is 0.173. The van der Waals surface area contributed by atoms with E-state index >= 15 is 0 Å². The second-order valence-electron chi connectivity index (χ2n) is 6.87. The molecule has 100 valence electrons. The smallest absolute Gasteiger partial charge is 0.0372 e. The molecule has 1 nitrogen and oxygen atoms in total. The Labute approximate surface area is 112 Å². The number of para-hydroxylation sites is 1. The highest BCUT2D eigenvalue weighted by Crippen LogP contribution is 2.38. The number of benzene rings is 1. The van der Waals surface area contributed by atoms with Crippen LogP contribution in [0.3, 0.4) is 0 Å². The molecule has 1 aromatic rings. The Morgan fingerprint density at radius 2 is 1.61 bits per heavy atom. The van der Waals surface area contributed by atoms with Gasteiger partial charge in [-0.15, -0.1) is 0 Å². The van der Waals surface area contributed by atoms with Crippen molar-refractivity contribution >= 4 is 5.69 Å². The van der Waals surface area contributed by atoms with Gasteiger partial charge >= 0.3 is 0 Å². The molecule has 0 aromatic heterocycles. The molecule has 0 atom stereocenters. The van der Waals surface area contributed by atoms with Gasteiger partial charge in [0.1, 0.15) is 0 Å². The molecule has 0 unspecified atom stereocenters. The first kappa shape index (κ1) is 13.5. The molecule has 0 amide bonds. The highest BCUT2D eigenvalue weighted by Gasteiger charge is 2.29. The van der Waals surface area contributed by atoms with Gasteiger partial charge in [-0.05, 0) is 55.6 Å². The lowest BCUT2D eigenvalue weighted by atomic mass is 9.71. The molecule has 0 heterocycles. The quantitative estimate of drug-likeness (QED) is 0.772. The van der Waals surface area contributed by atoms with Crippen LogP contribution in [0.5, 0.6) is 0 Å². The summed E-state index contributed by atoms with van der Waals surface area (Å²) in [6.07, 6.45) is 5.37. The molecule has 0 saturated heterocycles. The van der Waals surface area contributed by atoms with Crippen LogP contribution < -0.4 is 5.32 Å². The van der Waals surface area contributed by atoms with Crippen LogP contribution in [-0.4, -0.2) is 6.04 Å². The summed E-state index contributed by atoms with van der Waals surface area (Å²) in [4.78, 5) is 0. The highest BCUT2D eigenvalue weighted by atomic mass is 14.9. The number of anilines is 1. The molecule has 1 saturated carbocycles. The highest BCUT2D eigenvalue weighted by molar-refractivity contribution is 5.50. The maximum atomic E-state index is 3.72. The number of rotatable bonds is 2. The first-order valence-electron chi connectivity index (χ1n) is 7.29. The van der Waals surface area contributed by atoms with E-state index < -0.39 is 0 Å². The van der Waals surface area contributed by atoms with Gasteiger partial charge in [0.15, 0.2) is 0 Å². The van der Waals surface area contributed by atoms with E-state index in [1.54, 1.807) is 0 Å². The molecule has 1 aliphatic rings. The number of hydrogen-bond donors (Lipinski definition) is 1. The van der Waals surface area contributed by atoms with Crippen molar-refractivity contribution in [1.82, 2.24) is 0 Å². The van der Waals surface area contributed by atoms with E-state index in [9.17, 15) is 0 Å². The molecule has 0 spiro atoms. The van der Waals surface area contributed by atoms with Crippen LogP contribution >= 0.6 is 0 Å². The molecule has 0 aliphatic heterocycles. The Kier molecular flexibility index (Phi) is 3.99. The van der Waals surface area contributed by atoms with Crippen LogP contribution in [0.25, 0.3) is 0 Å². The maximum Gasteiger partial charge on any atom is 0.0372 e. The fourth-order valence-electron chi connectivity index (χ4n) is 3.06. The molecule has 1 aliphatic carbocycles. The third-order valence-corrected chi connectivity index (χ3v) is 4.46. The molecule has 0 bridgehead atoms. The average Bonchev–Trinajstić information content (AvgIpc) is 2.32. The maximum absolute atomic E-state index is 3.72. The molecule has 1 fully saturated rings. The van der Waals surface area contributed by atoms with E-state index in [1.165, 1.54) is 36.9 Å².